The zero-order chi connectivity index (χ0) is 12.7. The van der Waals surface area contributed by atoms with Crippen molar-refractivity contribution in [3.05, 3.63) is 52.2 Å². The molecule has 0 aliphatic heterocycles. The van der Waals surface area contributed by atoms with Gasteiger partial charge in [0, 0.05) is 10.9 Å². The lowest BCUT2D eigenvalue weighted by molar-refractivity contribution is 0.912. The fourth-order valence-electron chi connectivity index (χ4n) is 2.65. The lowest BCUT2D eigenvalue weighted by Gasteiger charge is -2.02. The molecule has 2 heterocycles. The average molecular weight is 283 g/mol. The van der Waals surface area contributed by atoms with Crippen LogP contribution in [0.25, 0.3) is 21.1 Å². The predicted molar refractivity (Wildman–Crippen MR) is 82.9 cm³/mol. The molecule has 0 saturated carbocycles. The number of fused-ring (bicyclic) bond motifs is 1. The molecule has 3 aromatic rings. The van der Waals surface area contributed by atoms with Gasteiger partial charge < -0.3 is 0 Å². The first-order chi connectivity index (χ1) is 9.40. The van der Waals surface area contributed by atoms with E-state index in [2.05, 4.69) is 41.1 Å². The fraction of sp³-hybridized carbons (Fsp3) is 0.188. The average Bonchev–Trinajstić information content (AvgIpc) is 3.18. The van der Waals surface area contributed by atoms with Gasteiger partial charge in [0.15, 0.2) is 0 Å². The monoisotopic (exact) mass is 283 g/mol. The van der Waals surface area contributed by atoms with Crippen molar-refractivity contribution in [2.24, 2.45) is 0 Å². The van der Waals surface area contributed by atoms with Crippen LogP contribution in [-0.4, -0.2) is 4.98 Å². The smallest absolute Gasteiger partial charge is 0.134 e. The number of thiazole rings is 1. The SMILES string of the molecule is c1csc(-c2nc(-c3ccc4c(c3)CCC4)cs2)c1. The second kappa shape index (κ2) is 4.58. The summed E-state index contributed by atoms with van der Waals surface area (Å²) in [6.07, 6.45) is 3.77. The Balaban J connectivity index is 1.73. The van der Waals surface area contributed by atoms with Crippen LogP contribution in [0.1, 0.15) is 17.5 Å². The zero-order valence-electron chi connectivity index (χ0n) is 10.4. The summed E-state index contributed by atoms with van der Waals surface area (Å²) >= 11 is 3.49. The molecule has 1 aliphatic carbocycles. The van der Waals surface area contributed by atoms with Crippen LogP contribution in [0.2, 0.25) is 0 Å². The van der Waals surface area contributed by atoms with Gasteiger partial charge in [0.2, 0.25) is 0 Å². The van der Waals surface area contributed by atoms with Gasteiger partial charge in [-0.1, -0.05) is 18.2 Å². The third-order valence-electron chi connectivity index (χ3n) is 3.63. The number of hydrogen-bond acceptors (Lipinski definition) is 3. The van der Waals surface area contributed by atoms with Crippen molar-refractivity contribution in [3.8, 4) is 21.1 Å². The molecule has 2 aromatic heterocycles. The normalized spacial score (nSPS) is 13.7. The summed E-state index contributed by atoms with van der Waals surface area (Å²) in [5.74, 6) is 0. The molecule has 1 aromatic carbocycles. The van der Waals surface area contributed by atoms with E-state index in [4.69, 9.17) is 4.98 Å². The molecule has 0 spiro atoms. The van der Waals surface area contributed by atoms with Crippen LogP contribution in [0.4, 0.5) is 0 Å². The van der Waals surface area contributed by atoms with Crippen LogP contribution in [0.15, 0.2) is 41.1 Å². The van der Waals surface area contributed by atoms with Crippen LogP contribution < -0.4 is 0 Å². The fourth-order valence-corrected chi connectivity index (χ4v) is 4.29. The number of aromatic nitrogens is 1. The van der Waals surface area contributed by atoms with Gasteiger partial charge in [-0.25, -0.2) is 4.98 Å². The van der Waals surface area contributed by atoms with Gasteiger partial charge in [-0.05, 0) is 47.9 Å². The molecule has 0 N–H and O–H groups in total. The number of rotatable bonds is 2. The summed E-state index contributed by atoms with van der Waals surface area (Å²) in [5, 5.41) is 5.41. The van der Waals surface area contributed by atoms with Gasteiger partial charge in [0.05, 0.1) is 10.6 Å². The molecule has 0 saturated heterocycles. The van der Waals surface area contributed by atoms with Gasteiger partial charge in [0.1, 0.15) is 5.01 Å². The van der Waals surface area contributed by atoms with E-state index >= 15 is 0 Å². The first-order valence-corrected chi connectivity index (χ1v) is 8.28. The van der Waals surface area contributed by atoms with Crippen molar-refractivity contribution in [2.75, 3.05) is 0 Å². The van der Waals surface area contributed by atoms with E-state index in [1.54, 1.807) is 22.7 Å². The summed E-state index contributed by atoms with van der Waals surface area (Å²) in [7, 11) is 0. The van der Waals surface area contributed by atoms with E-state index in [-0.39, 0.29) is 0 Å². The Kier molecular flexibility index (Phi) is 2.75. The standard InChI is InChI=1S/C16H13NS2/c1-3-11-6-7-13(9-12(11)4-1)14-10-19-16(17-14)15-5-2-8-18-15/h2,5-10H,1,3-4H2. The van der Waals surface area contributed by atoms with E-state index < -0.39 is 0 Å². The zero-order valence-corrected chi connectivity index (χ0v) is 12.1. The number of benzene rings is 1. The molecule has 1 nitrogen and oxygen atoms in total. The Morgan fingerprint density at radius 3 is 2.84 bits per heavy atom. The van der Waals surface area contributed by atoms with Gasteiger partial charge in [-0.15, -0.1) is 22.7 Å². The van der Waals surface area contributed by atoms with Crippen LogP contribution in [-0.2, 0) is 12.8 Å². The molecule has 0 atom stereocenters. The van der Waals surface area contributed by atoms with Gasteiger partial charge in [-0.2, -0.15) is 0 Å². The minimum Gasteiger partial charge on any atom is -0.235 e. The number of thiophene rings is 1. The van der Waals surface area contributed by atoms with Crippen molar-refractivity contribution in [1.82, 2.24) is 4.98 Å². The number of nitrogens with zero attached hydrogens (tertiary/aromatic N) is 1. The lowest BCUT2D eigenvalue weighted by atomic mass is 10.1. The lowest BCUT2D eigenvalue weighted by Crippen LogP contribution is -1.84. The van der Waals surface area contributed by atoms with Crippen LogP contribution >= 0.6 is 22.7 Å². The van der Waals surface area contributed by atoms with E-state index in [1.807, 2.05) is 0 Å². The summed E-state index contributed by atoms with van der Waals surface area (Å²) in [6.45, 7) is 0. The van der Waals surface area contributed by atoms with Gasteiger partial charge in [-0.3, -0.25) is 0 Å². The minimum atomic E-state index is 1.11. The largest absolute Gasteiger partial charge is 0.235 e. The molecule has 0 bridgehead atoms. The van der Waals surface area contributed by atoms with E-state index in [9.17, 15) is 0 Å². The van der Waals surface area contributed by atoms with Gasteiger partial charge >= 0.3 is 0 Å². The topological polar surface area (TPSA) is 12.9 Å². The Morgan fingerprint density at radius 1 is 1.00 bits per heavy atom. The Hall–Kier alpha value is -1.45. The molecular weight excluding hydrogens is 270 g/mol. The van der Waals surface area contributed by atoms with E-state index in [1.165, 1.54) is 40.8 Å². The molecule has 3 heteroatoms. The molecule has 19 heavy (non-hydrogen) atoms. The Labute approximate surface area is 120 Å². The van der Waals surface area contributed by atoms with Crippen LogP contribution in [0.5, 0.6) is 0 Å². The minimum absolute atomic E-state index is 1.11. The molecule has 1 aliphatic rings. The van der Waals surface area contributed by atoms with Crippen molar-refractivity contribution in [2.45, 2.75) is 19.3 Å². The third-order valence-corrected chi connectivity index (χ3v) is 5.51. The van der Waals surface area contributed by atoms with E-state index in [0.29, 0.717) is 0 Å². The first-order valence-electron chi connectivity index (χ1n) is 6.52. The van der Waals surface area contributed by atoms with Crippen LogP contribution in [0.3, 0.4) is 0 Å². The van der Waals surface area contributed by atoms with Crippen molar-refractivity contribution < 1.29 is 0 Å². The second-order valence-electron chi connectivity index (χ2n) is 4.85. The quantitative estimate of drug-likeness (QED) is 0.643. The molecular formula is C16H13NS2. The highest BCUT2D eigenvalue weighted by molar-refractivity contribution is 7.20. The maximum atomic E-state index is 4.78. The van der Waals surface area contributed by atoms with Crippen molar-refractivity contribution in [1.29, 1.82) is 0 Å². The maximum absolute atomic E-state index is 4.78. The molecule has 0 unspecified atom stereocenters. The molecule has 0 amide bonds. The second-order valence-corrected chi connectivity index (χ2v) is 6.66. The molecule has 0 fully saturated rings. The highest BCUT2D eigenvalue weighted by Crippen LogP contribution is 2.33. The van der Waals surface area contributed by atoms with Crippen molar-refractivity contribution in [3.63, 3.8) is 0 Å². The van der Waals surface area contributed by atoms with Crippen molar-refractivity contribution >= 4 is 22.7 Å². The Bertz CT molecular complexity index is 710. The molecule has 94 valence electrons. The number of aryl methyl sites for hydroxylation is 2. The third kappa shape index (κ3) is 2.03. The van der Waals surface area contributed by atoms with Gasteiger partial charge in [0.25, 0.3) is 0 Å². The first kappa shape index (κ1) is 11.4. The molecule has 4 rings (SSSR count). The highest BCUT2D eigenvalue weighted by atomic mass is 32.1. The highest BCUT2D eigenvalue weighted by Gasteiger charge is 2.13. The summed E-state index contributed by atoms with van der Waals surface area (Å²) < 4.78 is 0. The summed E-state index contributed by atoms with van der Waals surface area (Å²) in [4.78, 5) is 6.04. The van der Waals surface area contributed by atoms with E-state index in [0.717, 1.165) is 10.7 Å². The predicted octanol–water partition coefficient (Wildman–Crippen LogP) is 5.03. The molecule has 0 radical (unpaired) electrons. The summed E-state index contributed by atoms with van der Waals surface area (Å²) in [6, 6.07) is 11.0. The van der Waals surface area contributed by atoms with Crippen LogP contribution in [0, 0.1) is 0 Å². The Morgan fingerprint density at radius 2 is 1.95 bits per heavy atom. The number of hydrogen-bond donors (Lipinski definition) is 0. The maximum Gasteiger partial charge on any atom is 0.134 e. The summed E-state index contributed by atoms with van der Waals surface area (Å²) in [5.41, 5.74) is 5.42.